The molecular formula is C22H20ClN3O3S. The first-order chi connectivity index (χ1) is 14.5. The number of nitrogens with zero attached hydrogens (tertiary/aromatic N) is 2. The summed E-state index contributed by atoms with van der Waals surface area (Å²) in [5, 5.41) is 12.5. The number of halogens is 1. The maximum Gasteiger partial charge on any atom is 0.264 e. The lowest BCUT2D eigenvalue weighted by atomic mass is 10.1. The van der Waals surface area contributed by atoms with Gasteiger partial charge in [-0.3, -0.25) is 14.5 Å². The molecular weight excluding hydrogens is 422 g/mol. The van der Waals surface area contributed by atoms with Gasteiger partial charge in [-0.15, -0.1) is 0 Å². The van der Waals surface area contributed by atoms with Crippen molar-refractivity contribution < 1.29 is 14.3 Å². The molecule has 0 bridgehead atoms. The molecule has 1 heterocycles. The Balaban J connectivity index is 2.00. The summed E-state index contributed by atoms with van der Waals surface area (Å²) in [5.74, 6) is -0.0442. The summed E-state index contributed by atoms with van der Waals surface area (Å²) in [5.41, 5.74) is 1.42. The number of carbonyl (C=O) groups is 2. The Morgan fingerprint density at radius 1 is 1.23 bits per heavy atom. The van der Waals surface area contributed by atoms with Crippen LogP contribution in [-0.4, -0.2) is 30.7 Å². The van der Waals surface area contributed by atoms with Crippen LogP contribution in [0.25, 0.3) is 0 Å². The van der Waals surface area contributed by atoms with Gasteiger partial charge in [-0.05, 0) is 55.3 Å². The normalized spacial score (nSPS) is 17.5. The molecule has 0 saturated carbocycles. The van der Waals surface area contributed by atoms with Crippen molar-refractivity contribution in [2.45, 2.75) is 18.6 Å². The van der Waals surface area contributed by atoms with Crippen molar-refractivity contribution in [1.82, 2.24) is 5.32 Å². The summed E-state index contributed by atoms with van der Waals surface area (Å²) >= 11 is 7.17. The van der Waals surface area contributed by atoms with Crippen molar-refractivity contribution in [2.24, 2.45) is 0 Å². The number of rotatable bonds is 6. The first kappa shape index (κ1) is 21.8. The maximum absolute atomic E-state index is 13.3. The van der Waals surface area contributed by atoms with Gasteiger partial charge in [0, 0.05) is 17.8 Å². The van der Waals surface area contributed by atoms with E-state index in [9.17, 15) is 14.9 Å². The van der Waals surface area contributed by atoms with E-state index < -0.39 is 11.2 Å². The zero-order chi connectivity index (χ0) is 21.7. The molecule has 3 rings (SSSR count). The van der Waals surface area contributed by atoms with Gasteiger partial charge in [0.25, 0.3) is 5.91 Å². The average Bonchev–Trinajstić information content (AvgIpc) is 3.06. The quantitative estimate of drug-likeness (QED) is 0.542. The van der Waals surface area contributed by atoms with Gasteiger partial charge >= 0.3 is 0 Å². The van der Waals surface area contributed by atoms with E-state index in [1.54, 1.807) is 36.4 Å². The van der Waals surface area contributed by atoms with Crippen LogP contribution in [0.4, 0.5) is 5.69 Å². The predicted octanol–water partition coefficient (Wildman–Crippen LogP) is 3.91. The molecule has 0 aromatic heterocycles. The highest BCUT2D eigenvalue weighted by atomic mass is 35.5. The molecule has 1 atom stereocenters. The van der Waals surface area contributed by atoms with E-state index in [1.807, 2.05) is 25.1 Å². The molecule has 1 N–H and O–H groups in total. The van der Waals surface area contributed by atoms with Crippen LogP contribution in [0.1, 0.15) is 12.5 Å². The van der Waals surface area contributed by atoms with E-state index >= 15 is 0 Å². The topological polar surface area (TPSA) is 82.4 Å². The van der Waals surface area contributed by atoms with E-state index in [0.717, 1.165) is 5.56 Å². The number of likely N-dealkylation sites (N-methyl/N-ethyl adjacent to an activating group) is 1. The number of amides is 2. The van der Waals surface area contributed by atoms with E-state index in [0.29, 0.717) is 34.5 Å². The Kier molecular flexibility index (Phi) is 7.03. The highest BCUT2D eigenvalue weighted by Crippen LogP contribution is 2.42. The molecule has 1 aliphatic heterocycles. The Bertz CT molecular complexity index is 1010. The fourth-order valence-electron chi connectivity index (χ4n) is 3.04. The first-order valence-electron chi connectivity index (χ1n) is 9.32. The molecule has 6 nitrogen and oxygen atoms in total. The van der Waals surface area contributed by atoms with Gasteiger partial charge in [0.1, 0.15) is 22.4 Å². The molecule has 0 spiro atoms. The van der Waals surface area contributed by atoms with Crippen molar-refractivity contribution in [3.63, 3.8) is 0 Å². The number of ether oxygens (including phenoxy) is 1. The van der Waals surface area contributed by atoms with Crippen LogP contribution >= 0.6 is 23.4 Å². The van der Waals surface area contributed by atoms with Gasteiger partial charge in [0.15, 0.2) is 0 Å². The Hall–Kier alpha value is -2.95. The van der Waals surface area contributed by atoms with Gasteiger partial charge in [0.05, 0.1) is 11.9 Å². The molecule has 8 heteroatoms. The van der Waals surface area contributed by atoms with Crippen LogP contribution in [0.15, 0.2) is 59.1 Å². The van der Waals surface area contributed by atoms with Crippen LogP contribution in [0.5, 0.6) is 5.75 Å². The molecule has 154 valence electrons. The van der Waals surface area contributed by atoms with Crippen molar-refractivity contribution in [2.75, 3.05) is 18.6 Å². The van der Waals surface area contributed by atoms with Crippen molar-refractivity contribution in [3.05, 3.63) is 69.7 Å². The third-order valence-electron chi connectivity index (χ3n) is 4.47. The first-order valence-corrected chi connectivity index (χ1v) is 10.6. The average molecular weight is 442 g/mol. The maximum atomic E-state index is 13.3. The molecule has 1 saturated heterocycles. The molecule has 0 radical (unpaired) electrons. The Labute approximate surface area is 184 Å². The highest BCUT2D eigenvalue weighted by Gasteiger charge is 2.40. The molecule has 1 fully saturated rings. The Morgan fingerprint density at radius 2 is 1.90 bits per heavy atom. The SMILES string of the molecule is CCOc1ccc(N2C(=O)C(Cc3ccc(Cl)cc3)S/C2=C(/C#N)C(=O)NC)cc1. The summed E-state index contributed by atoms with van der Waals surface area (Å²) in [7, 11) is 1.45. The molecule has 1 aliphatic rings. The van der Waals surface area contributed by atoms with Gasteiger partial charge in [0.2, 0.25) is 5.91 Å². The minimum absolute atomic E-state index is 0.0941. The molecule has 0 aliphatic carbocycles. The van der Waals surface area contributed by atoms with Gasteiger partial charge in [-0.1, -0.05) is 35.5 Å². The molecule has 1 unspecified atom stereocenters. The molecule has 2 aromatic carbocycles. The van der Waals surface area contributed by atoms with E-state index in [4.69, 9.17) is 16.3 Å². The molecule has 2 aromatic rings. The minimum Gasteiger partial charge on any atom is -0.494 e. The second-order valence-electron chi connectivity index (χ2n) is 6.41. The fourth-order valence-corrected chi connectivity index (χ4v) is 4.47. The molecule has 2 amide bonds. The standard InChI is InChI=1S/C22H20ClN3O3S/c1-3-29-17-10-8-16(9-11-17)26-21(28)19(12-14-4-6-15(23)7-5-14)30-22(26)18(13-24)20(27)25-2/h4-11,19H,3,12H2,1-2H3,(H,25,27)/b22-18-. The monoisotopic (exact) mass is 441 g/mol. The summed E-state index contributed by atoms with van der Waals surface area (Å²) in [6.45, 7) is 2.42. The van der Waals surface area contributed by atoms with E-state index in [2.05, 4.69) is 5.32 Å². The number of benzene rings is 2. The van der Waals surface area contributed by atoms with E-state index in [1.165, 1.54) is 23.7 Å². The van der Waals surface area contributed by atoms with Gasteiger partial charge in [-0.25, -0.2) is 0 Å². The fraction of sp³-hybridized carbons (Fsp3) is 0.227. The largest absolute Gasteiger partial charge is 0.494 e. The second kappa shape index (κ2) is 9.70. The lowest BCUT2D eigenvalue weighted by Crippen LogP contribution is -2.31. The zero-order valence-electron chi connectivity index (χ0n) is 16.5. The smallest absolute Gasteiger partial charge is 0.264 e. The van der Waals surface area contributed by atoms with Crippen molar-refractivity contribution in [3.8, 4) is 11.8 Å². The summed E-state index contributed by atoms with van der Waals surface area (Å²) < 4.78 is 5.46. The van der Waals surface area contributed by atoms with Gasteiger partial charge < -0.3 is 10.1 Å². The number of hydrogen-bond donors (Lipinski definition) is 1. The van der Waals surface area contributed by atoms with Crippen LogP contribution in [0.3, 0.4) is 0 Å². The van der Waals surface area contributed by atoms with Crippen molar-refractivity contribution in [1.29, 1.82) is 5.26 Å². The predicted molar refractivity (Wildman–Crippen MR) is 118 cm³/mol. The lowest BCUT2D eigenvalue weighted by Gasteiger charge is -2.19. The molecule has 30 heavy (non-hydrogen) atoms. The zero-order valence-corrected chi connectivity index (χ0v) is 18.1. The highest BCUT2D eigenvalue weighted by molar-refractivity contribution is 8.05. The van der Waals surface area contributed by atoms with Crippen LogP contribution in [0.2, 0.25) is 5.02 Å². The lowest BCUT2D eigenvalue weighted by molar-refractivity contribution is -0.117. The van der Waals surface area contributed by atoms with E-state index in [-0.39, 0.29) is 11.5 Å². The minimum atomic E-state index is -0.532. The number of nitrogens with one attached hydrogen (secondary N) is 1. The van der Waals surface area contributed by atoms with Crippen LogP contribution in [0, 0.1) is 11.3 Å². The summed E-state index contributed by atoms with van der Waals surface area (Å²) in [6, 6.07) is 16.2. The number of nitriles is 1. The Morgan fingerprint density at radius 3 is 2.47 bits per heavy atom. The third kappa shape index (κ3) is 4.61. The number of anilines is 1. The number of thioether (sulfide) groups is 1. The number of carbonyl (C=O) groups excluding carboxylic acids is 2. The summed E-state index contributed by atoms with van der Waals surface area (Å²) in [6.07, 6.45) is 0.449. The van der Waals surface area contributed by atoms with Gasteiger partial charge in [-0.2, -0.15) is 5.26 Å². The van der Waals surface area contributed by atoms with Crippen LogP contribution < -0.4 is 15.0 Å². The number of hydrogen-bond acceptors (Lipinski definition) is 5. The second-order valence-corrected chi connectivity index (χ2v) is 8.04. The summed E-state index contributed by atoms with van der Waals surface area (Å²) in [4.78, 5) is 27.0. The van der Waals surface area contributed by atoms with Crippen molar-refractivity contribution >= 4 is 40.9 Å². The van der Waals surface area contributed by atoms with Crippen LogP contribution in [-0.2, 0) is 16.0 Å². The third-order valence-corrected chi connectivity index (χ3v) is 5.99.